The van der Waals surface area contributed by atoms with E-state index in [1.54, 1.807) is 0 Å². The van der Waals surface area contributed by atoms with Crippen LogP contribution in [0.4, 0.5) is 4.79 Å². The van der Waals surface area contributed by atoms with E-state index in [1.165, 1.54) is 10.6 Å². The Morgan fingerprint density at radius 1 is 1.55 bits per heavy atom. The van der Waals surface area contributed by atoms with E-state index in [1.807, 2.05) is 20.2 Å². The topological polar surface area (TPSA) is 67.6 Å². The fraction of sp³-hybridized carbons (Fsp3) is 0.714. The van der Waals surface area contributed by atoms with Crippen LogP contribution >= 0.6 is 0 Å². The minimum absolute atomic E-state index is 0.139. The van der Waals surface area contributed by atoms with Gasteiger partial charge in [-0.05, 0) is 12.3 Å². The highest BCUT2D eigenvalue weighted by Crippen LogP contribution is 2.36. The monoisotopic (exact) mass is 279 g/mol. The number of fused-ring (bicyclic) bond motifs is 1. The van der Waals surface area contributed by atoms with Crippen molar-refractivity contribution in [1.29, 1.82) is 0 Å². The molecule has 20 heavy (non-hydrogen) atoms. The summed E-state index contributed by atoms with van der Waals surface area (Å²) in [4.78, 5) is 17.5. The summed E-state index contributed by atoms with van der Waals surface area (Å²) in [5.74, 6) is 0.216. The molecule has 1 N–H and O–H groups in total. The SMILES string of the molecule is CC(C)C1c2ncn([C@H]3CCOC3)c2CCN1C(=O)O. The first-order valence-electron chi connectivity index (χ1n) is 7.22. The number of carbonyl (C=O) groups is 1. The van der Waals surface area contributed by atoms with Crippen LogP contribution in [0.15, 0.2) is 6.33 Å². The molecule has 3 rings (SSSR count). The van der Waals surface area contributed by atoms with Gasteiger partial charge in [-0.25, -0.2) is 9.78 Å². The van der Waals surface area contributed by atoms with Gasteiger partial charge >= 0.3 is 6.09 Å². The van der Waals surface area contributed by atoms with E-state index >= 15 is 0 Å². The molecule has 2 aliphatic rings. The molecule has 0 radical (unpaired) electrons. The standard InChI is InChI=1S/C14H21N3O3/c1-9(2)13-12-11(3-5-16(13)14(18)19)17(8-15-12)10-4-6-20-7-10/h8-10,13H,3-7H2,1-2H3,(H,18,19)/t10-,13?/m0/s1. The van der Waals surface area contributed by atoms with Crippen LogP contribution in [0.2, 0.25) is 0 Å². The van der Waals surface area contributed by atoms with E-state index < -0.39 is 6.09 Å². The normalized spacial score (nSPS) is 26.1. The lowest BCUT2D eigenvalue weighted by Gasteiger charge is -2.36. The smallest absolute Gasteiger partial charge is 0.407 e. The molecule has 1 unspecified atom stereocenters. The van der Waals surface area contributed by atoms with Crippen LogP contribution in [0.1, 0.15) is 43.7 Å². The Bertz CT molecular complexity index is 506. The van der Waals surface area contributed by atoms with Crippen LogP contribution in [0.5, 0.6) is 0 Å². The van der Waals surface area contributed by atoms with Crippen molar-refractivity contribution in [3.05, 3.63) is 17.7 Å². The number of ether oxygens (including phenoxy) is 1. The van der Waals surface area contributed by atoms with E-state index in [4.69, 9.17) is 4.74 Å². The van der Waals surface area contributed by atoms with Gasteiger partial charge in [0.15, 0.2) is 0 Å². The molecule has 6 nitrogen and oxygen atoms in total. The number of rotatable bonds is 2. The average molecular weight is 279 g/mol. The van der Waals surface area contributed by atoms with Gasteiger partial charge in [0.1, 0.15) is 0 Å². The van der Waals surface area contributed by atoms with Gasteiger partial charge in [-0.1, -0.05) is 13.8 Å². The molecule has 1 amide bonds. The molecule has 6 heteroatoms. The second kappa shape index (κ2) is 5.09. The largest absolute Gasteiger partial charge is 0.465 e. The third-order valence-electron chi connectivity index (χ3n) is 4.31. The molecule has 2 aliphatic heterocycles. The van der Waals surface area contributed by atoms with Gasteiger partial charge in [0.2, 0.25) is 0 Å². The Hall–Kier alpha value is -1.56. The minimum Gasteiger partial charge on any atom is -0.465 e. The number of hydrogen-bond donors (Lipinski definition) is 1. The van der Waals surface area contributed by atoms with Gasteiger partial charge in [-0.2, -0.15) is 0 Å². The van der Waals surface area contributed by atoms with Crippen LogP contribution < -0.4 is 0 Å². The predicted molar refractivity (Wildman–Crippen MR) is 72.7 cm³/mol. The van der Waals surface area contributed by atoms with Crippen LogP contribution in [-0.4, -0.2) is 45.4 Å². The molecular formula is C14H21N3O3. The maximum atomic E-state index is 11.4. The molecule has 2 atom stereocenters. The molecule has 110 valence electrons. The molecule has 1 saturated heterocycles. The van der Waals surface area contributed by atoms with Gasteiger partial charge in [0, 0.05) is 25.3 Å². The summed E-state index contributed by atoms with van der Waals surface area (Å²) >= 11 is 0. The fourth-order valence-electron chi connectivity index (χ4n) is 3.36. The van der Waals surface area contributed by atoms with Crippen molar-refractivity contribution in [2.75, 3.05) is 19.8 Å². The maximum absolute atomic E-state index is 11.4. The Balaban J connectivity index is 1.97. The van der Waals surface area contributed by atoms with Gasteiger partial charge in [-0.3, -0.25) is 4.90 Å². The Kier molecular flexibility index (Phi) is 3.41. The third kappa shape index (κ3) is 2.08. The van der Waals surface area contributed by atoms with E-state index in [2.05, 4.69) is 9.55 Å². The summed E-state index contributed by atoms with van der Waals surface area (Å²) in [5, 5.41) is 9.37. The van der Waals surface area contributed by atoms with Crippen LogP contribution in [0, 0.1) is 5.92 Å². The molecule has 1 fully saturated rings. The van der Waals surface area contributed by atoms with E-state index in [0.717, 1.165) is 31.7 Å². The summed E-state index contributed by atoms with van der Waals surface area (Å²) in [6.45, 7) is 6.18. The summed E-state index contributed by atoms with van der Waals surface area (Å²) in [6.07, 6.45) is 2.76. The van der Waals surface area contributed by atoms with Gasteiger partial charge in [0.05, 0.1) is 30.7 Å². The van der Waals surface area contributed by atoms with Crippen molar-refractivity contribution in [2.45, 2.75) is 38.8 Å². The fourth-order valence-corrected chi connectivity index (χ4v) is 3.36. The minimum atomic E-state index is -0.854. The predicted octanol–water partition coefficient (Wildman–Crippen LogP) is 2.08. The Morgan fingerprint density at radius 2 is 2.35 bits per heavy atom. The molecule has 1 aromatic rings. The van der Waals surface area contributed by atoms with E-state index in [0.29, 0.717) is 12.6 Å². The highest BCUT2D eigenvalue weighted by Gasteiger charge is 2.37. The summed E-state index contributed by atoms with van der Waals surface area (Å²) in [5.41, 5.74) is 2.12. The van der Waals surface area contributed by atoms with Crippen LogP contribution in [0.3, 0.4) is 0 Å². The van der Waals surface area contributed by atoms with Crippen molar-refractivity contribution >= 4 is 6.09 Å². The molecule has 0 spiro atoms. The number of imidazole rings is 1. The van der Waals surface area contributed by atoms with Gasteiger partial charge in [-0.15, -0.1) is 0 Å². The zero-order chi connectivity index (χ0) is 14.3. The molecule has 0 aliphatic carbocycles. The summed E-state index contributed by atoms with van der Waals surface area (Å²) in [7, 11) is 0. The molecule has 1 aromatic heterocycles. The second-order valence-corrected chi connectivity index (χ2v) is 5.92. The third-order valence-corrected chi connectivity index (χ3v) is 4.31. The lowest BCUT2D eigenvalue weighted by molar-refractivity contribution is 0.102. The Morgan fingerprint density at radius 3 is 2.95 bits per heavy atom. The van der Waals surface area contributed by atoms with Gasteiger partial charge in [0.25, 0.3) is 0 Å². The highest BCUT2D eigenvalue weighted by atomic mass is 16.5. The average Bonchev–Trinajstić information content (AvgIpc) is 3.05. The molecule has 0 aromatic carbocycles. The molecule has 0 bridgehead atoms. The first-order chi connectivity index (χ1) is 9.59. The lowest BCUT2D eigenvalue weighted by atomic mass is 9.93. The molecule has 0 saturated carbocycles. The molecule has 3 heterocycles. The number of amides is 1. The lowest BCUT2D eigenvalue weighted by Crippen LogP contribution is -2.42. The van der Waals surface area contributed by atoms with Crippen LogP contribution in [-0.2, 0) is 11.2 Å². The van der Waals surface area contributed by atoms with Crippen molar-refractivity contribution in [1.82, 2.24) is 14.5 Å². The van der Waals surface area contributed by atoms with Gasteiger partial charge < -0.3 is 14.4 Å². The first kappa shape index (κ1) is 13.4. The second-order valence-electron chi connectivity index (χ2n) is 5.92. The first-order valence-corrected chi connectivity index (χ1v) is 7.22. The zero-order valence-corrected chi connectivity index (χ0v) is 12.0. The highest BCUT2D eigenvalue weighted by molar-refractivity contribution is 5.66. The number of hydrogen-bond acceptors (Lipinski definition) is 3. The summed E-state index contributed by atoms with van der Waals surface area (Å²) in [6, 6.07) is 0.218. The maximum Gasteiger partial charge on any atom is 0.407 e. The van der Waals surface area contributed by atoms with E-state index in [-0.39, 0.29) is 12.0 Å². The number of carboxylic acid groups (broad SMARTS) is 1. The molecular weight excluding hydrogens is 258 g/mol. The Labute approximate surface area is 118 Å². The van der Waals surface area contributed by atoms with Crippen molar-refractivity contribution in [3.8, 4) is 0 Å². The van der Waals surface area contributed by atoms with Crippen LogP contribution in [0.25, 0.3) is 0 Å². The zero-order valence-electron chi connectivity index (χ0n) is 12.0. The van der Waals surface area contributed by atoms with E-state index in [9.17, 15) is 9.90 Å². The number of aromatic nitrogens is 2. The summed E-state index contributed by atoms with van der Waals surface area (Å²) < 4.78 is 7.66. The van der Waals surface area contributed by atoms with Crippen molar-refractivity contribution < 1.29 is 14.6 Å². The number of nitrogens with zero attached hydrogens (tertiary/aromatic N) is 3. The van der Waals surface area contributed by atoms with Crippen molar-refractivity contribution in [2.24, 2.45) is 5.92 Å². The van der Waals surface area contributed by atoms with Crippen molar-refractivity contribution in [3.63, 3.8) is 0 Å². The quantitative estimate of drug-likeness (QED) is 0.900.